The maximum Gasteiger partial charge on any atom is 0.240 e. The van der Waals surface area contributed by atoms with E-state index in [1.807, 2.05) is 0 Å². The van der Waals surface area contributed by atoms with Crippen molar-refractivity contribution < 1.29 is 27.4 Å². The first-order valence-electron chi connectivity index (χ1n) is 7.66. The summed E-state index contributed by atoms with van der Waals surface area (Å²) in [6.45, 7) is 1.95. The lowest BCUT2D eigenvalue weighted by Crippen LogP contribution is -2.38. The van der Waals surface area contributed by atoms with E-state index in [2.05, 4.69) is 4.72 Å². The number of sulfonamides is 1. The third-order valence-electron chi connectivity index (χ3n) is 3.90. The molecule has 2 aromatic carbocycles. The van der Waals surface area contributed by atoms with E-state index in [4.69, 9.17) is 9.47 Å². The molecule has 1 atom stereocenters. The molecular weight excluding hydrogens is 349 g/mol. The summed E-state index contributed by atoms with van der Waals surface area (Å²) in [5.41, 5.74) is -1.09. The van der Waals surface area contributed by atoms with Gasteiger partial charge < -0.3 is 14.6 Å². The fraction of sp³-hybridized carbons (Fsp3) is 0.294. The van der Waals surface area contributed by atoms with Crippen LogP contribution in [0.4, 0.5) is 4.39 Å². The average Bonchev–Trinajstić information content (AvgIpc) is 2.60. The monoisotopic (exact) mass is 367 g/mol. The van der Waals surface area contributed by atoms with Gasteiger partial charge in [0.1, 0.15) is 24.6 Å². The van der Waals surface area contributed by atoms with E-state index in [1.165, 1.54) is 49.4 Å². The van der Waals surface area contributed by atoms with Crippen LogP contribution >= 0.6 is 0 Å². The zero-order valence-electron chi connectivity index (χ0n) is 13.5. The van der Waals surface area contributed by atoms with Crippen molar-refractivity contribution >= 4 is 10.0 Å². The van der Waals surface area contributed by atoms with Crippen molar-refractivity contribution in [1.29, 1.82) is 0 Å². The van der Waals surface area contributed by atoms with Gasteiger partial charge in [0.2, 0.25) is 10.0 Å². The van der Waals surface area contributed by atoms with E-state index in [-0.39, 0.29) is 11.4 Å². The highest BCUT2D eigenvalue weighted by atomic mass is 32.2. The molecule has 3 rings (SSSR count). The molecule has 1 aliphatic heterocycles. The first-order valence-corrected chi connectivity index (χ1v) is 9.14. The molecule has 0 aromatic heterocycles. The van der Waals surface area contributed by atoms with E-state index in [9.17, 15) is 17.9 Å². The van der Waals surface area contributed by atoms with E-state index in [1.54, 1.807) is 0 Å². The summed E-state index contributed by atoms with van der Waals surface area (Å²) >= 11 is 0. The average molecular weight is 367 g/mol. The maximum absolute atomic E-state index is 13.0. The molecule has 25 heavy (non-hydrogen) atoms. The molecule has 0 bridgehead atoms. The number of rotatable bonds is 5. The summed E-state index contributed by atoms with van der Waals surface area (Å²) in [5.74, 6) is 0.416. The molecule has 0 radical (unpaired) electrons. The quantitative estimate of drug-likeness (QED) is 0.842. The topological polar surface area (TPSA) is 84.9 Å². The van der Waals surface area contributed by atoms with Gasteiger partial charge >= 0.3 is 0 Å². The second kappa shape index (κ2) is 6.62. The Balaban J connectivity index is 1.76. The number of fused-ring (bicyclic) bond motifs is 1. The fourth-order valence-electron chi connectivity index (χ4n) is 2.42. The lowest BCUT2D eigenvalue weighted by atomic mass is 9.96. The summed E-state index contributed by atoms with van der Waals surface area (Å²) in [4.78, 5) is 0.00616. The van der Waals surface area contributed by atoms with Crippen molar-refractivity contribution in [3.8, 4) is 11.5 Å². The molecule has 0 aliphatic carbocycles. The summed E-state index contributed by atoms with van der Waals surface area (Å²) in [6.07, 6.45) is 0. The van der Waals surface area contributed by atoms with Crippen LogP contribution in [0.25, 0.3) is 0 Å². The van der Waals surface area contributed by atoms with Crippen LogP contribution in [-0.4, -0.2) is 33.3 Å². The van der Waals surface area contributed by atoms with Crippen LogP contribution in [0.15, 0.2) is 47.4 Å². The van der Waals surface area contributed by atoms with E-state index < -0.39 is 21.4 Å². The number of nitrogens with one attached hydrogen (secondary N) is 1. The molecule has 2 aromatic rings. The number of halogens is 1. The molecule has 0 spiro atoms. The minimum Gasteiger partial charge on any atom is -0.486 e. The molecule has 0 saturated carbocycles. The van der Waals surface area contributed by atoms with Gasteiger partial charge in [-0.15, -0.1) is 0 Å². The molecule has 0 saturated heterocycles. The SMILES string of the molecule is CC(O)(CNS(=O)(=O)c1ccc2c(c1)OCCO2)c1ccc(F)cc1. The Bertz CT molecular complexity index is 865. The normalized spacial score (nSPS) is 16.3. The van der Waals surface area contributed by atoms with Crippen LogP contribution in [0.3, 0.4) is 0 Å². The molecule has 0 fully saturated rings. The minimum atomic E-state index is -3.86. The zero-order valence-corrected chi connectivity index (χ0v) is 14.3. The molecule has 6 nitrogen and oxygen atoms in total. The standard InChI is InChI=1S/C17H18FNO5S/c1-17(20,12-2-4-13(18)5-3-12)11-19-25(21,22)14-6-7-15-16(10-14)24-9-8-23-15/h2-7,10,19-20H,8-9,11H2,1H3. The third-order valence-corrected chi connectivity index (χ3v) is 5.30. The molecule has 1 aliphatic rings. The van der Waals surface area contributed by atoms with Gasteiger partial charge in [-0.05, 0) is 36.8 Å². The van der Waals surface area contributed by atoms with Crippen LogP contribution in [0, 0.1) is 5.82 Å². The Labute approximate surface area is 145 Å². The molecule has 134 valence electrons. The third kappa shape index (κ3) is 3.92. The van der Waals surface area contributed by atoms with Gasteiger partial charge in [-0.2, -0.15) is 0 Å². The van der Waals surface area contributed by atoms with Crippen LogP contribution in [0.2, 0.25) is 0 Å². The van der Waals surface area contributed by atoms with Crippen molar-refractivity contribution in [2.24, 2.45) is 0 Å². The van der Waals surface area contributed by atoms with Gasteiger partial charge in [0.05, 0.1) is 4.90 Å². The summed E-state index contributed by atoms with van der Waals surface area (Å²) in [6, 6.07) is 9.55. The number of benzene rings is 2. The Morgan fingerprint density at radius 1 is 1.12 bits per heavy atom. The molecule has 8 heteroatoms. The van der Waals surface area contributed by atoms with Crippen molar-refractivity contribution in [2.45, 2.75) is 17.4 Å². The smallest absolute Gasteiger partial charge is 0.240 e. The van der Waals surface area contributed by atoms with Gasteiger partial charge in [-0.3, -0.25) is 0 Å². The van der Waals surface area contributed by atoms with Gasteiger partial charge in [-0.1, -0.05) is 12.1 Å². The number of aliphatic hydroxyl groups is 1. The summed E-state index contributed by atoms with van der Waals surface area (Å²) in [7, 11) is -3.86. The van der Waals surface area contributed by atoms with Crippen LogP contribution in [-0.2, 0) is 15.6 Å². The fourth-order valence-corrected chi connectivity index (χ4v) is 3.57. The van der Waals surface area contributed by atoms with E-state index in [0.717, 1.165) is 0 Å². The predicted octanol–water partition coefficient (Wildman–Crippen LogP) is 1.78. The Hall–Kier alpha value is -2.16. The largest absolute Gasteiger partial charge is 0.486 e. The van der Waals surface area contributed by atoms with Crippen LogP contribution in [0.5, 0.6) is 11.5 Å². The highest BCUT2D eigenvalue weighted by molar-refractivity contribution is 7.89. The molecule has 1 unspecified atom stereocenters. The van der Waals surface area contributed by atoms with E-state index >= 15 is 0 Å². The van der Waals surface area contributed by atoms with Crippen LogP contribution in [0.1, 0.15) is 12.5 Å². The first kappa shape index (κ1) is 17.7. The van der Waals surface area contributed by atoms with Gasteiger partial charge in [0.25, 0.3) is 0 Å². The van der Waals surface area contributed by atoms with E-state index in [0.29, 0.717) is 30.3 Å². The minimum absolute atomic E-state index is 0.00616. The predicted molar refractivity (Wildman–Crippen MR) is 88.6 cm³/mol. The number of hydrogen-bond donors (Lipinski definition) is 2. The van der Waals surface area contributed by atoms with Crippen molar-refractivity contribution in [3.05, 3.63) is 53.8 Å². The zero-order chi connectivity index (χ0) is 18.1. The van der Waals surface area contributed by atoms with Gasteiger partial charge in [-0.25, -0.2) is 17.5 Å². The highest BCUT2D eigenvalue weighted by Crippen LogP contribution is 2.32. The summed E-state index contributed by atoms with van der Waals surface area (Å²) in [5, 5.41) is 10.5. The maximum atomic E-state index is 13.0. The van der Waals surface area contributed by atoms with Crippen molar-refractivity contribution in [3.63, 3.8) is 0 Å². The second-order valence-electron chi connectivity index (χ2n) is 5.91. The van der Waals surface area contributed by atoms with Gasteiger partial charge in [0, 0.05) is 12.6 Å². The molecule has 1 heterocycles. The number of hydrogen-bond acceptors (Lipinski definition) is 5. The second-order valence-corrected chi connectivity index (χ2v) is 7.68. The Kier molecular flexibility index (Phi) is 4.68. The highest BCUT2D eigenvalue weighted by Gasteiger charge is 2.27. The Morgan fingerprint density at radius 2 is 1.76 bits per heavy atom. The first-order chi connectivity index (χ1) is 11.8. The lowest BCUT2D eigenvalue weighted by molar-refractivity contribution is 0.0627. The Morgan fingerprint density at radius 3 is 2.44 bits per heavy atom. The molecular formula is C17H18FNO5S. The van der Waals surface area contributed by atoms with Gasteiger partial charge in [0.15, 0.2) is 11.5 Å². The lowest BCUT2D eigenvalue weighted by Gasteiger charge is -2.24. The molecule has 2 N–H and O–H groups in total. The molecule has 0 amide bonds. The van der Waals surface area contributed by atoms with Crippen molar-refractivity contribution in [1.82, 2.24) is 4.72 Å². The number of ether oxygens (including phenoxy) is 2. The summed E-state index contributed by atoms with van der Waals surface area (Å²) < 4.78 is 51.0. The van der Waals surface area contributed by atoms with Crippen molar-refractivity contribution in [2.75, 3.05) is 19.8 Å². The van der Waals surface area contributed by atoms with Crippen LogP contribution < -0.4 is 14.2 Å².